The normalized spacial score (nSPS) is 10.1. The SMILES string of the molecule is N#Cc1cccc(-c2cc(-c3cccc([N+](=O)[O-])c3)cc(-c3cccc(C#N)n3)n2)n1. The van der Waals surface area contributed by atoms with Crippen molar-refractivity contribution >= 4 is 5.69 Å². The van der Waals surface area contributed by atoms with Crippen molar-refractivity contribution in [3.63, 3.8) is 0 Å². The molecule has 0 saturated carbocycles. The Hall–Kier alpha value is -4.95. The Morgan fingerprint density at radius 1 is 0.677 bits per heavy atom. The van der Waals surface area contributed by atoms with Crippen molar-refractivity contribution in [3.05, 3.63) is 94.3 Å². The second kappa shape index (κ2) is 8.19. The minimum Gasteiger partial charge on any atom is -0.258 e. The van der Waals surface area contributed by atoms with Crippen molar-refractivity contribution in [3.8, 4) is 46.0 Å². The van der Waals surface area contributed by atoms with Crippen LogP contribution in [0, 0.1) is 32.8 Å². The molecule has 0 bridgehead atoms. The summed E-state index contributed by atoms with van der Waals surface area (Å²) in [5.41, 5.74) is 3.63. The minimum atomic E-state index is -0.456. The summed E-state index contributed by atoms with van der Waals surface area (Å²) in [5.74, 6) is 0. The van der Waals surface area contributed by atoms with Gasteiger partial charge in [-0.3, -0.25) is 10.1 Å². The Morgan fingerprint density at radius 3 is 1.74 bits per heavy atom. The predicted octanol–water partition coefficient (Wildman–Crippen LogP) is 4.52. The number of nitrogens with zero attached hydrogens (tertiary/aromatic N) is 6. The van der Waals surface area contributed by atoms with Gasteiger partial charge in [-0.1, -0.05) is 24.3 Å². The first-order valence-electron chi connectivity index (χ1n) is 9.09. The van der Waals surface area contributed by atoms with E-state index < -0.39 is 4.92 Å². The molecule has 8 nitrogen and oxygen atoms in total. The molecule has 3 aromatic heterocycles. The summed E-state index contributed by atoms with van der Waals surface area (Å²) in [6.07, 6.45) is 0. The molecular weight excluding hydrogens is 392 g/mol. The fourth-order valence-electron chi connectivity index (χ4n) is 3.04. The van der Waals surface area contributed by atoms with E-state index in [4.69, 9.17) is 0 Å². The average molecular weight is 404 g/mol. The van der Waals surface area contributed by atoms with Crippen LogP contribution in [0.1, 0.15) is 11.4 Å². The van der Waals surface area contributed by atoms with Crippen molar-refractivity contribution in [2.24, 2.45) is 0 Å². The van der Waals surface area contributed by atoms with Crippen molar-refractivity contribution in [2.45, 2.75) is 0 Å². The third kappa shape index (κ3) is 4.09. The van der Waals surface area contributed by atoms with Gasteiger partial charge in [0.2, 0.25) is 0 Å². The van der Waals surface area contributed by atoms with E-state index in [1.165, 1.54) is 12.1 Å². The first-order chi connectivity index (χ1) is 15.1. The fourth-order valence-corrected chi connectivity index (χ4v) is 3.04. The standard InChI is InChI=1S/C23H12N6O2/c24-13-17-5-2-8-20(26-17)22-11-16(15-4-1-7-19(10-15)29(30)31)12-23(28-22)21-9-3-6-18(14-25)27-21/h1-12H. The Labute approximate surface area is 176 Å². The molecule has 0 aliphatic rings. The Bertz CT molecular complexity index is 1330. The molecule has 0 spiro atoms. The van der Waals surface area contributed by atoms with E-state index in [2.05, 4.69) is 15.0 Å². The highest BCUT2D eigenvalue weighted by molar-refractivity contribution is 5.75. The maximum atomic E-state index is 11.2. The van der Waals surface area contributed by atoms with Crippen LogP contribution in [0.3, 0.4) is 0 Å². The number of nitro benzene ring substituents is 1. The molecule has 0 radical (unpaired) electrons. The van der Waals surface area contributed by atoms with E-state index in [0.717, 1.165) is 0 Å². The average Bonchev–Trinajstić information content (AvgIpc) is 2.84. The van der Waals surface area contributed by atoms with Crippen molar-refractivity contribution < 1.29 is 4.92 Å². The zero-order valence-electron chi connectivity index (χ0n) is 15.9. The van der Waals surface area contributed by atoms with Crippen LogP contribution in [0.25, 0.3) is 33.9 Å². The first kappa shape index (κ1) is 19.4. The molecule has 0 atom stereocenters. The zero-order valence-corrected chi connectivity index (χ0v) is 15.9. The molecule has 4 aromatic rings. The van der Waals surface area contributed by atoms with Crippen LogP contribution >= 0.6 is 0 Å². The van der Waals surface area contributed by atoms with E-state index in [0.29, 0.717) is 33.9 Å². The molecule has 0 aliphatic carbocycles. The van der Waals surface area contributed by atoms with E-state index >= 15 is 0 Å². The minimum absolute atomic E-state index is 0.0355. The van der Waals surface area contributed by atoms with E-state index in [-0.39, 0.29) is 17.1 Å². The summed E-state index contributed by atoms with van der Waals surface area (Å²) in [7, 11) is 0. The molecule has 3 heterocycles. The molecule has 0 fully saturated rings. The number of pyridine rings is 3. The molecular formula is C23H12N6O2. The van der Waals surface area contributed by atoms with Gasteiger partial charge in [-0.15, -0.1) is 0 Å². The summed E-state index contributed by atoms with van der Waals surface area (Å²) in [6.45, 7) is 0. The summed E-state index contributed by atoms with van der Waals surface area (Å²) in [6, 6.07) is 23.8. The third-order valence-electron chi connectivity index (χ3n) is 4.47. The monoisotopic (exact) mass is 404 g/mol. The number of aromatic nitrogens is 3. The van der Waals surface area contributed by atoms with Gasteiger partial charge in [0.25, 0.3) is 5.69 Å². The predicted molar refractivity (Wildman–Crippen MR) is 112 cm³/mol. The molecule has 0 saturated heterocycles. The lowest BCUT2D eigenvalue weighted by Gasteiger charge is -2.10. The maximum Gasteiger partial charge on any atom is 0.270 e. The van der Waals surface area contributed by atoms with Crippen molar-refractivity contribution in [2.75, 3.05) is 0 Å². The Morgan fingerprint density at radius 2 is 1.23 bits per heavy atom. The van der Waals surface area contributed by atoms with Crippen LogP contribution in [0.15, 0.2) is 72.8 Å². The lowest BCUT2D eigenvalue weighted by molar-refractivity contribution is -0.384. The van der Waals surface area contributed by atoms with Crippen LogP contribution in [-0.2, 0) is 0 Å². The first-order valence-corrected chi connectivity index (χ1v) is 9.09. The summed E-state index contributed by atoms with van der Waals surface area (Å²) < 4.78 is 0. The number of hydrogen-bond acceptors (Lipinski definition) is 7. The number of rotatable bonds is 4. The Kier molecular flexibility index (Phi) is 5.12. The van der Waals surface area contributed by atoms with Gasteiger partial charge in [-0.2, -0.15) is 10.5 Å². The zero-order chi connectivity index (χ0) is 21.8. The van der Waals surface area contributed by atoms with Gasteiger partial charge >= 0.3 is 0 Å². The molecule has 0 aliphatic heterocycles. The number of non-ortho nitro benzene ring substituents is 1. The Balaban J connectivity index is 1.94. The van der Waals surface area contributed by atoms with E-state index in [1.807, 2.05) is 12.1 Å². The molecule has 0 N–H and O–H groups in total. The highest BCUT2D eigenvalue weighted by Gasteiger charge is 2.13. The number of nitro groups is 1. The number of benzene rings is 1. The summed E-state index contributed by atoms with van der Waals surface area (Å²) in [5, 5.41) is 29.6. The van der Waals surface area contributed by atoms with Gasteiger partial charge in [0.15, 0.2) is 0 Å². The lowest BCUT2D eigenvalue weighted by Crippen LogP contribution is -1.96. The van der Waals surface area contributed by atoms with Gasteiger partial charge < -0.3 is 0 Å². The highest BCUT2D eigenvalue weighted by atomic mass is 16.6. The fraction of sp³-hybridized carbons (Fsp3) is 0. The van der Waals surface area contributed by atoms with Crippen LogP contribution in [-0.4, -0.2) is 19.9 Å². The van der Waals surface area contributed by atoms with Crippen molar-refractivity contribution in [1.29, 1.82) is 10.5 Å². The van der Waals surface area contributed by atoms with Crippen LogP contribution in [0.5, 0.6) is 0 Å². The molecule has 31 heavy (non-hydrogen) atoms. The van der Waals surface area contributed by atoms with Gasteiger partial charge in [-0.25, -0.2) is 15.0 Å². The molecule has 8 heteroatoms. The molecule has 146 valence electrons. The molecule has 1 aromatic carbocycles. The smallest absolute Gasteiger partial charge is 0.258 e. The summed E-state index contributed by atoms with van der Waals surface area (Å²) in [4.78, 5) is 24.0. The van der Waals surface area contributed by atoms with Crippen LogP contribution in [0.2, 0.25) is 0 Å². The lowest BCUT2D eigenvalue weighted by atomic mass is 10.0. The highest BCUT2D eigenvalue weighted by Crippen LogP contribution is 2.30. The van der Waals surface area contributed by atoms with E-state index in [9.17, 15) is 20.6 Å². The number of nitriles is 2. The largest absolute Gasteiger partial charge is 0.270 e. The van der Waals surface area contributed by atoms with Crippen LogP contribution < -0.4 is 0 Å². The van der Waals surface area contributed by atoms with Gasteiger partial charge in [0, 0.05) is 12.1 Å². The van der Waals surface area contributed by atoms with Gasteiger partial charge in [0.05, 0.1) is 27.7 Å². The second-order valence-electron chi connectivity index (χ2n) is 6.47. The van der Waals surface area contributed by atoms with E-state index in [1.54, 1.807) is 60.7 Å². The molecule has 0 unspecified atom stereocenters. The second-order valence-corrected chi connectivity index (χ2v) is 6.47. The van der Waals surface area contributed by atoms with Crippen molar-refractivity contribution in [1.82, 2.24) is 15.0 Å². The third-order valence-corrected chi connectivity index (χ3v) is 4.47. The van der Waals surface area contributed by atoms with Gasteiger partial charge in [-0.05, 0) is 47.5 Å². The van der Waals surface area contributed by atoms with Crippen LogP contribution in [0.4, 0.5) is 5.69 Å². The molecule has 0 amide bonds. The maximum absolute atomic E-state index is 11.2. The summed E-state index contributed by atoms with van der Waals surface area (Å²) >= 11 is 0. The topological polar surface area (TPSA) is 129 Å². The van der Waals surface area contributed by atoms with Gasteiger partial charge in [0.1, 0.15) is 23.5 Å². The molecule has 4 rings (SSSR count). The quantitative estimate of drug-likeness (QED) is 0.361. The number of hydrogen-bond donors (Lipinski definition) is 0.